The fourth-order valence-electron chi connectivity index (χ4n) is 4.33. The maximum atomic E-state index is 14.0. The Hall–Kier alpha value is -2.63. The van der Waals surface area contributed by atoms with E-state index in [0.717, 1.165) is 43.1 Å². The molecule has 178 valence electrons. The molecule has 0 amide bonds. The first-order valence-electron chi connectivity index (χ1n) is 10.8. The molecule has 1 N–H and O–H groups in total. The summed E-state index contributed by atoms with van der Waals surface area (Å²) in [6, 6.07) is 8.28. The summed E-state index contributed by atoms with van der Waals surface area (Å²) >= 11 is 0. The number of likely N-dealkylation sites (N-methyl/N-ethyl adjacent to an activating group) is 1. The van der Waals surface area contributed by atoms with E-state index >= 15 is 0 Å². The number of nitrogens with zero attached hydrogens (tertiary/aromatic N) is 5. The number of anilines is 1. The van der Waals surface area contributed by atoms with Gasteiger partial charge in [0.05, 0.1) is 22.7 Å². The third-order valence-electron chi connectivity index (χ3n) is 6.21. The summed E-state index contributed by atoms with van der Waals surface area (Å²) < 4.78 is 54.8. The number of sulfonamides is 1. The maximum Gasteiger partial charge on any atom is 0.308 e. The summed E-state index contributed by atoms with van der Waals surface area (Å²) in [5, 5.41) is 8.97. The second-order valence-corrected chi connectivity index (χ2v) is 10.1. The Kier molecular flexibility index (Phi) is 6.64. The lowest BCUT2D eigenvalue weighted by atomic mass is 10.1. The number of halogens is 2. The van der Waals surface area contributed by atoms with Gasteiger partial charge in [0.2, 0.25) is 10.0 Å². The molecule has 2 aromatic rings. The zero-order valence-electron chi connectivity index (χ0n) is 18.8. The summed E-state index contributed by atoms with van der Waals surface area (Å²) in [6.07, 6.45) is 1.72. The molecule has 3 heterocycles. The molecular formula is C22H28F2N6O2S. The highest BCUT2D eigenvalue weighted by molar-refractivity contribution is 7.89. The van der Waals surface area contributed by atoms with E-state index in [1.165, 1.54) is 17.1 Å². The van der Waals surface area contributed by atoms with Gasteiger partial charge in [-0.2, -0.15) is 13.9 Å². The first-order valence-corrected chi connectivity index (χ1v) is 12.3. The van der Waals surface area contributed by atoms with Crippen LogP contribution in [-0.2, 0) is 10.0 Å². The summed E-state index contributed by atoms with van der Waals surface area (Å²) in [5.41, 5.74) is 1.99. The number of hydrogen-bond acceptors (Lipinski definition) is 7. The minimum absolute atomic E-state index is 0.183. The van der Waals surface area contributed by atoms with Gasteiger partial charge in [-0.25, -0.2) is 13.4 Å². The van der Waals surface area contributed by atoms with Gasteiger partial charge in [-0.1, -0.05) is 12.1 Å². The van der Waals surface area contributed by atoms with Crippen molar-refractivity contribution < 1.29 is 17.2 Å². The molecule has 8 nitrogen and oxygen atoms in total. The lowest BCUT2D eigenvalue weighted by Crippen LogP contribution is -2.52. The highest BCUT2D eigenvalue weighted by atomic mass is 32.2. The van der Waals surface area contributed by atoms with Crippen LogP contribution >= 0.6 is 0 Å². The minimum Gasteiger partial charge on any atom is -0.354 e. The van der Waals surface area contributed by atoms with Crippen molar-refractivity contribution in [3.8, 4) is 11.1 Å². The maximum absolute atomic E-state index is 14.0. The standard InChI is InChI=1S/C22H28F2N6O2S/c1-15-21(16(2)28(3)27-15)30(22(23)24)33(31,32)19-6-4-17(5-7-19)18-8-9-26-20(14-18)29-12-10-25-11-13-29/h4-9,14,16,21-22,25H,10-13H2,1-3H3. The normalized spacial score (nSPS) is 21.7. The zero-order chi connectivity index (χ0) is 23.8. The van der Waals surface area contributed by atoms with Crippen molar-refractivity contribution in [3.05, 3.63) is 42.6 Å². The van der Waals surface area contributed by atoms with Crippen LogP contribution in [0.4, 0.5) is 14.6 Å². The molecule has 2 unspecified atom stereocenters. The van der Waals surface area contributed by atoms with Gasteiger partial charge in [0.1, 0.15) is 5.82 Å². The van der Waals surface area contributed by atoms with Crippen LogP contribution in [0.5, 0.6) is 0 Å². The number of pyridine rings is 1. The summed E-state index contributed by atoms with van der Waals surface area (Å²) in [5.74, 6) is 0.851. The fourth-order valence-corrected chi connectivity index (χ4v) is 5.89. The average molecular weight is 479 g/mol. The van der Waals surface area contributed by atoms with Crippen molar-refractivity contribution in [1.29, 1.82) is 0 Å². The van der Waals surface area contributed by atoms with Crippen molar-refractivity contribution in [1.82, 2.24) is 19.6 Å². The number of alkyl halides is 2. The Bertz CT molecular complexity index is 1120. The summed E-state index contributed by atoms with van der Waals surface area (Å²) in [7, 11) is -2.81. The molecule has 2 aliphatic heterocycles. The Labute approximate surface area is 192 Å². The molecule has 11 heteroatoms. The second kappa shape index (κ2) is 9.32. The van der Waals surface area contributed by atoms with Crippen molar-refractivity contribution in [2.24, 2.45) is 5.10 Å². The average Bonchev–Trinajstić information content (AvgIpc) is 3.06. The van der Waals surface area contributed by atoms with Crippen LogP contribution in [0.1, 0.15) is 13.8 Å². The van der Waals surface area contributed by atoms with E-state index in [1.807, 2.05) is 12.1 Å². The Morgan fingerprint density at radius 2 is 1.79 bits per heavy atom. The molecule has 2 atom stereocenters. The van der Waals surface area contributed by atoms with Gasteiger partial charge in [0, 0.05) is 39.4 Å². The third kappa shape index (κ3) is 4.57. The van der Waals surface area contributed by atoms with Gasteiger partial charge in [-0.3, -0.25) is 5.01 Å². The third-order valence-corrected chi connectivity index (χ3v) is 8.02. The molecule has 0 radical (unpaired) electrons. The summed E-state index contributed by atoms with van der Waals surface area (Å²) in [6.45, 7) is 3.54. The molecular weight excluding hydrogens is 450 g/mol. The first kappa shape index (κ1) is 23.5. The van der Waals surface area contributed by atoms with Crippen molar-refractivity contribution in [2.45, 2.75) is 37.4 Å². The zero-order valence-corrected chi connectivity index (χ0v) is 19.6. The smallest absolute Gasteiger partial charge is 0.308 e. The van der Waals surface area contributed by atoms with Gasteiger partial charge in [-0.05, 0) is 49.2 Å². The lowest BCUT2D eigenvalue weighted by Gasteiger charge is -2.31. The van der Waals surface area contributed by atoms with E-state index in [4.69, 9.17) is 0 Å². The van der Waals surface area contributed by atoms with Crippen LogP contribution in [0.15, 0.2) is 52.6 Å². The molecule has 1 fully saturated rings. The predicted octanol–water partition coefficient (Wildman–Crippen LogP) is 2.45. The monoisotopic (exact) mass is 478 g/mol. The molecule has 1 saturated heterocycles. The van der Waals surface area contributed by atoms with Crippen LogP contribution in [0.3, 0.4) is 0 Å². The Morgan fingerprint density at radius 1 is 1.12 bits per heavy atom. The minimum atomic E-state index is -4.45. The molecule has 1 aromatic carbocycles. The molecule has 4 rings (SSSR count). The molecule has 0 saturated carbocycles. The number of hydrazone groups is 1. The van der Waals surface area contributed by atoms with Crippen LogP contribution in [0.25, 0.3) is 11.1 Å². The van der Waals surface area contributed by atoms with E-state index in [2.05, 4.69) is 20.3 Å². The Morgan fingerprint density at radius 3 is 2.36 bits per heavy atom. The quantitative estimate of drug-likeness (QED) is 0.643. The van der Waals surface area contributed by atoms with E-state index in [0.29, 0.717) is 5.71 Å². The van der Waals surface area contributed by atoms with Crippen LogP contribution in [-0.4, -0.2) is 80.3 Å². The van der Waals surface area contributed by atoms with Crippen molar-refractivity contribution in [2.75, 3.05) is 38.1 Å². The SMILES string of the molecule is CC1=NN(C)C(C)C1N(C(F)F)S(=O)(=O)c1ccc(-c2ccnc(N3CCNCC3)c2)cc1. The molecule has 1 aromatic heterocycles. The van der Waals surface area contributed by atoms with Crippen LogP contribution < -0.4 is 10.2 Å². The van der Waals surface area contributed by atoms with Gasteiger partial charge in [0.25, 0.3) is 0 Å². The number of benzene rings is 1. The van der Waals surface area contributed by atoms with Crippen LogP contribution in [0.2, 0.25) is 0 Å². The molecule has 33 heavy (non-hydrogen) atoms. The van der Waals surface area contributed by atoms with Crippen molar-refractivity contribution >= 4 is 21.6 Å². The van der Waals surface area contributed by atoms with Crippen molar-refractivity contribution in [3.63, 3.8) is 0 Å². The summed E-state index contributed by atoms with van der Waals surface area (Å²) in [4.78, 5) is 6.45. The number of nitrogens with one attached hydrogen (secondary N) is 1. The second-order valence-electron chi connectivity index (χ2n) is 8.28. The van der Waals surface area contributed by atoms with E-state index < -0.39 is 28.7 Å². The Balaban J connectivity index is 1.61. The largest absolute Gasteiger partial charge is 0.354 e. The number of aromatic nitrogens is 1. The predicted molar refractivity (Wildman–Crippen MR) is 124 cm³/mol. The molecule has 0 spiro atoms. The van der Waals surface area contributed by atoms with E-state index in [1.54, 1.807) is 39.2 Å². The highest BCUT2D eigenvalue weighted by Gasteiger charge is 2.45. The molecule has 0 bridgehead atoms. The van der Waals surface area contributed by atoms with E-state index in [-0.39, 0.29) is 9.20 Å². The molecule has 2 aliphatic rings. The lowest BCUT2D eigenvalue weighted by molar-refractivity contribution is 0.0106. The van der Waals surface area contributed by atoms with Gasteiger partial charge < -0.3 is 10.2 Å². The van der Waals surface area contributed by atoms with E-state index in [9.17, 15) is 17.2 Å². The van der Waals surface area contributed by atoms with Gasteiger partial charge in [-0.15, -0.1) is 4.31 Å². The number of hydrogen-bond donors (Lipinski definition) is 1. The number of rotatable bonds is 6. The van der Waals surface area contributed by atoms with Gasteiger partial charge >= 0.3 is 6.55 Å². The van der Waals surface area contributed by atoms with Gasteiger partial charge in [0.15, 0.2) is 0 Å². The first-order chi connectivity index (χ1) is 15.7. The topological polar surface area (TPSA) is 81.1 Å². The number of piperazine rings is 1. The highest BCUT2D eigenvalue weighted by Crippen LogP contribution is 2.31. The van der Waals surface area contributed by atoms with Crippen LogP contribution in [0, 0.1) is 0 Å². The fraction of sp³-hybridized carbons (Fsp3) is 0.455. The molecule has 0 aliphatic carbocycles.